The Labute approximate surface area is 103 Å². The Kier molecular flexibility index (Phi) is 4.87. The minimum Gasteiger partial charge on any atom is -0.378 e. The average Bonchev–Trinajstić information content (AvgIpc) is 2.26. The number of carbonyl (C=O) groups is 1. The smallest absolute Gasteiger partial charge is 0.189 e. The summed E-state index contributed by atoms with van der Waals surface area (Å²) in [5.41, 5.74) is 2.37. The second-order valence-corrected chi connectivity index (χ2v) is 4.65. The summed E-state index contributed by atoms with van der Waals surface area (Å²) in [6.07, 6.45) is 1.63. The molecule has 1 atom stereocenters. The van der Waals surface area contributed by atoms with Crippen molar-refractivity contribution in [1.29, 1.82) is 0 Å². The lowest BCUT2D eigenvalue weighted by Gasteiger charge is -2.14. The molecule has 1 aromatic rings. The van der Waals surface area contributed by atoms with Gasteiger partial charge in [-0.05, 0) is 30.5 Å². The fraction of sp³-hybridized carbons (Fsp3) is 0.462. The standard InChI is InChI=1S/C13H19NOS/c1-4-11(13(15)16)9-10-5-7-12(8-6-10)14(2)3/h5-8,11H,4,9H2,1-3H3,(H,15,16). The van der Waals surface area contributed by atoms with Crippen LogP contribution in [0.15, 0.2) is 24.3 Å². The van der Waals surface area contributed by atoms with Crippen molar-refractivity contribution < 1.29 is 4.79 Å². The van der Waals surface area contributed by atoms with Crippen LogP contribution in [-0.2, 0) is 11.2 Å². The molecule has 0 radical (unpaired) electrons. The van der Waals surface area contributed by atoms with Crippen LogP contribution in [0, 0.1) is 5.92 Å². The van der Waals surface area contributed by atoms with E-state index in [1.165, 1.54) is 11.3 Å². The predicted octanol–water partition coefficient (Wildman–Crippen LogP) is 2.78. The molecule has 0 saturated carbocycles. The van der Waals surface area contributed by atoms with Gasteiger partial charge >= 0.3 is 0 Å². The number of nitrogens with zero attached hydrogens (tertiary/aromatic N) is 1. The molecule has 0 amide bonds. The molecule has 0 aliphatic rings. The molecular formula is C13H19NOS. The molecule has 88 valence electrons. The van der Waals surface area contributed by atoms with Gasteiger partial charge in [-0.15, -0.1) is 12.6 Å². The Morgan fingerprint density at radius 3 is 2.25 bits per heavy atom. The molecule has 0 heterocycles. The summed E-state index contributed by atoms with van der Waals surface area (Å²) in [6.45, 7) is 2.02. The number of hydrogen-bond acceptors (Lipinski definition) is 2. The lowest BCUT2D eigenvalue weighted by molar-refractivity contribution is -0.114. The first-order chi connectivity index (χ1) is 7.54. The van der Waals surface area contributed by atoms with Crippen LogP contribution in [0.4, 0.5) is 5.69 Å². The molecule has 1 unspecified atom stereocenters. The lowest BCUT2D eigenvalue weighted by Crippen LogP contribution is -2.11. The van der Waals surface area contributed by atoms with Gasteiger partial charge in [-0.2, -0.15) is 0 Å². The number of carbonyl (C=O) groups excluding carboxylic acids is 1. The zero-order chi connectivity index (χ0) is 12.1. The summed E-state index contributed by atoms with van der Waals surface area (Å²) in [4.78, 5) is 13.3. The average molecular weight is 237 g/mol. The van der Waals surface area contributed by atoms with Crippen LogP contribution in [0.25, 0.3) is 0 Å². The van der Waals surface area contributed by atoms with E-state index in [0.717, 1.165) is 12.8 Å². The Balaban J connectivity index is 2.71. The third kappa shape index (κ3) is 3.56. The van der Waals surface area contributed by atoms with Gasteiger partial charge in [-0.1, -0.05) is 19.1 Å². The van der Waals surface area contributed by atoms with E-state index in [1.807, 2.05) is 21.0 Å². The normalized spacial score (nSPS) is 12.2. The van der Waals surface area contributed by atoms with Crippen molar-refractivity contribution in [3.05, 3.63) is 29.8 Å². The number of anilines is 1. The molecular weight excluding hydrogens is 218 g/mol. The maximum absolute atomic E-state index is 11.2. The topological polar surface area (TPSA) is 20.3 Å². The number of hydrogen-bond donors (Lipinski definition) is 1. The summed E-state index contributed by atoms with van der Waals surface area (Å²) in [7, 11) is 4.03. The Morgan fingerprint density at radius 1 is 1.31 bits per heavy atom. The van der Waals surface area contributed by atoms with Crippen LogP contribution in [-0.4, -0.2) is 19.2 Å². The Morgan fingerprint density at radius 2 is 1.88 bits per heavy atom. The summed E-state index contributed by atoms with van der Waals surface area (Å²) in [5.74, 6) is 0.0357. The van der Waals surface area contributed by atoms with E-state index in [-0.39, 0.29) is 11.0 Å². The van der Waals surface area contributed by atoms with E-state index < -0.39 is 0 Å². The molecule has 0 spiro atoms. The van der Waals surface area contributed by atoms with Crippen LogP contribution in [0.2, 0.25) is 0 Å². The van der Waals surface area contributed by atoms with Gasteiger partial charge in [0, 0.05) is 25.7 Å². The first kappa shape index (κ1) is 13.1. The van der Waals surface area contributed by atoms with E-state index in [2.05, 4.69) is 41.8 Å². The van der Waals surface area contributed by atoms with Crippen LogP contribution in [0.3, 0.4) is 0 Å². The summed E-state index contributed by atoms with van der Waals surface area (Å²) >= 11 is 3.91. The van der Waals surface area contributed by atoms with Crippen molar-refractivity contribution in [2.45, 2.75) is 19.8 Å². The maximum atomic E-state index is 11.2. The van der Waals surface area contributed by atoms with Gasteiger partial charge in [-0.25, -0.2) is 0 Å². The fourth-order valence-corrected chi connectivity index (χ4v) is 1.89. The predicted molar refractivity (Wildman–Crippen MR) is 72.2 cm³/mol. The van der Waals surface area contributed by atoms with E-state index in [4.69, 9.17) is 0 Å². The first-order valence-electron chi connectivity index (χ1n) is 5.53. The molecule has 1 aromatic carbocycles. The summed E-state index contributed by atoms with van der Waals surface area (Å²) in [6, 6.07) is 8.31. The van der Waals surface area contributed by atoms with Gasteiger partial charge in [-0.3, -0.25) is 4.79 Å². The molecule has 0 N–H and O–H groups in total. The third-order valence-corrected chi connectivity index (χ3v) is 3.14. The van der Waals surface area contributed by atoms with Gasteiger partial charge in [0.2, 0.25) is 0 Å². The van der Waals surface area contributed by atoms with E-state index >= 15 is 0 Å². The minimum absolute atomic E-state index is 0.0146. The largest absolute Gasteiger partial charge is 0.378 e. The number of thiol groups is 1. The zero-order valence-electron chi connectivity index (χ0n) is 10.1. The van der Waals surface area contributed by atoms with Gasteiger partial charge < -0.3 is 4.90 Å². The molecule has 0 bridgehead atoms. The molecule has 1 rings (SSSR count). The highest BCUT2D eigenvalue weighted by molar-refractivity contribution is 7.96. The van der Waals surface area contributed by atoms with Crippen LogP contribution in [0.5, 0.6) is 0 Å². The van der Waals surface area contributed by atoms with Crippen molar-refractivity contribution in [2.75, 3.05) is 19.0 Å². The first-order valence-corrected chi connectivity index (χ1v) is 5.98. The molecule has 0 aliphatic carbocycles. The number of rotatable bonds is 5. The summed E-state index contributed by atoms with van der Waals surface area (Å²) in [5, 5.41) is -0.0146. The highest BCUT2D eigenvalue weighted by Crippen LogP contribution is 2.18. The summed E-state index contributed by atoms with van der Waals surface area (Å²) < 4.78 is 0. The van der Waals surface area contributed by atoms with Crippen molar-refractivity contribution in [3.8, 4) is 0 Å². The van der Waals surface area contributed by atoms with Gasteiger partial charge in [0.1, 0.15) is 0 Å². The second kappa shape index (κ2) is 5.94. The maximum Gasteiger partial charge on any atom is 0.189 e. The molecule has 3 heteroatoms. The molecule has 2 nitrogen and oxygen atoms in total. The second-order valence-electron chi connectivity index (χ2n) is 4.21. The Bertz CT molecular complexity index is 345. The van der Waals surface area contributed by atoms with Crippen molar-refractivity contribution in [3.63, 3.8) is 0 Å². The number of benzene rings is 1. The monoisotopic (exact) mass is 237 g/mol. The third-order valence-electron chi connectivity index (χ3n) is 2.78. The van der Waals surface area contributed by atoms with Gasteiger partial charge in [0.15, 0.2) is 5.12 Å². The SMILES string of the molecule is CCC(Cc1ccc(N(C)C)cc1)C(=O)S. The molecule has 0 fully saturated rings. The Hall–Kier alpha value is -0.960. The van der Waals surface area contributed by atoms with Crippen molar-refractivity contribution in [2.24, 2.45) is 5.92 Å². The lowest BCUT2D eigenvalue weighted by atomic mass is 9.98. The van der Waals surface area contributed by atoms with Gasteiger partial charge in [0.05, 0.1) is 0 Å². The van der Waals surface area contributed by atoms with Gasteiger partial charge in [0.25, 0.3) is 0 Å². The highest BCUT2D eigenvalue weighted by atomic mass is 32.1. The van der Waals surface area contributed by atoms with Crippen molar-refractivity contribution in [1.82, 2.24) is 0 Å². The molecule has 0 aromatic heterocycles. The van der Waals surface area contributed by atoms with Crippen molar-refractivity contribution >= 4 is 23.4 Å². The molecule has 0 saturated heterocycles. The van der Waals surface area contributed by atoms with Crippen LogP contribution < -0.4 is 4.90 Å². The molecule has 0 aliphatic heterocycles. The van der Waals surface area contributed by atoms with E-state index in [0.29, 0.717) is 0 Å². The minimum atomic E-state index is -0.0146. The molecule has 16 heavy (non-hydrogen) atoms. The highest BCUT2D eigenvalue weighted by Gasteiger charge is 2.13. The zero-order valence-corrected chi connectivity index (χ0v) is 11.0. The fourth-order valence-electron chi connectivity index (χ4n) is 1.62. The van der Waals surface area contributed by atoms with E-state index in [1.54, 1.807) is 0 Å². The quantitative estimate of drug-likeness (QED) is 0.795. The van der Waals surface area contributed by atoms with E-state index in [9.17, 15) is 4.79 Å². The van der Waals surface area contributed by atoms with Crippen LogP contribution in [0.1, 0.15) is 18.9 Å². The van der Waals surface area contributed by atoms with Crippen LogP contribution >= 0.6 is 12.6 Å².